The van der Waals surface area contributed by atoms with Gasteiger partial charge in [0.05, 0.1) is 27.2 Å². The third kappa shape index (κ3) is 3.74. The number of hydrogen-bond acceptors (Lipinski definition) is 5. The van der Waals surface area contributed by atoms with Gasteiger partial charge in [-0.2, -0.15) is 13.2 Å². The lowest BCUT2D eigenvalue weighted by molar-refractivity contribution is -0.137. The van der Waals surface area contributed by atoms with Crippen molar-refractivity contribution in [2.75, 3.05) is 0 Å². The second-order valence-electron chi connectivity index (χ2n) is 5.80. The number of fused-ring (bicyclic) bond motifs is 1. The van der Waals surface area contributed by atoms with Crippen molar-refractivity contribution in [1.29, 1.82) is 0 Å². The van der Waals surface area contributed by atoms with Crippen molar-refractivity contribution in [3.05, 3.63) is 70.9 Å². The van der Waals surface area contributed by atoms with Crippen LogP contribution in [-0.4, -0.2) is 21.0 Å². The zero-order valence-corrected chi connectivity index (χ0v) is 14.9. The van der Waals surface area contributed by atoms with Gasteiger partial charge >= 0.3 is 6.18 Å². The molecule has 2 aromatic carbocycles. The van der Waals surface area contributed by atoms with E-state index in [9.17, 15) is 18.0 Å². The molecule has 4 rings (SSSR count). The summed E-state index contributed by atoms with van der Waals surface area (Å²) >= 11 is 0.916. The van der Waals surface area contributed by atoms with Gasteiger partial charge in [0.2, 0.25) is 0 Å². The molecular formula is C19H11F3N4OS. The Hall–Kier alpha value is -3.20. The number of rotatable bonds is 2. The van der Waals surface area contributed by atoms with Crippen molar-refractivity contribution in [2.24, 2.45) is 4.99 Å². The third-order valence-corrected chi connectivity index (χ3v) is 4.71. The highest BCUT2D eigenvalue weighted by Gasteiger charge is 2.30. The van der Waals surface area contributed by atoms with Crippen molar-refractivity contribution in [3.63, 3.8) is 0 Å². The molecule has 5 nitrogen and oxygen atoms in total. The normalized spacial score (nSPS) is 17.5. The van der Waals surface area contributed by atoms with E-state index in [0.717, 1.165) is 29.5 Å². The molecule has 3 aromatic rings. The van der Waals surface area contributed by atoms with Gasteiger partial charge in [-0.05, 0) is 42.1 Å². The van der Waals surface area contributed by atoms with E-state index in [0.29, 0.717) is 15.9 Å². The molecule has 0 saturated carbocycles. The zero-order chi connectivity index (χ0) is 19.7. The molecule has 9 heteroatoms. The number of carbonyl (C=O) groups excluding carboxylic acids is 1. The molecule has 1 fully saturated rings. The Labute approximate surface area is 161 Å². The highest BCUT2D eigenvalue weighted by molar-refractivity contribution is 8.18. The van der Waals surface area contributed by atoms with Gasteiger partial charge in [0.1, 0.15) is 5.84 Å². The van der Waals surface area contributed by atoms with Crippen LogP contribution in [0.4, 0.5) is 23.7 Å². The van der Waals surface area contributed by atoms with Gasteiger partial charge in [-0.1, -0.05) is 18.2 Å². The number of halogens is 3. The SMILES string of the molecule is O=C1NC(=Nc2cccc(C(F)(F)F)c2)/C(=C/c2cccc3nccnc23)S1. The fraction of sp³-hybridized carbons (Fsp3) is 0.0526. The molecule has 140 valence electrons. The van der Waals surface area contributed by atoms with E-state index in [1.807, 2.05) is 18.2 Å². The minimum atomic E-state index is -4.47. The standard InChI is InChI=1S/C19H11F3N4OS/c20-19(21,22)12-4-2-5-13(10-12)25-17-15(28-18(27)26-17)9-11-3-1-6-14-16(11)24-8-7-23-14/h1-10H,(H,25,26,27)/b15-9-. The molecule has 1 aliphatic heterocycles. The summed E-state index contributed by atoms with van der Waals surface area (Å²) < 4.78 is 38.7. The van der Waals surface area contributed by atoms with Gasteiger partial charge in [-0.3, -0.25) is 14.8 Å². The topological polar surface area (TPSA) is 67.2 Å². The molecule has 0 aliphatic carbocycles. The van der Waals surface area contributed by atoms with Gasteiger partial charge in [0.25, 0.3) is 5.24 Å². The van der Waals surface area contributed by atoms with Gasteiger partial charge in [-0.15, -0.1) is 0 Å². The van der Waals surface area contributed by atoms with Crippen molar-refractivity contribution in [2.45, 2.75) is 6.18 Å². The van der Waals surface area contributed by atoms with Crippen molar-refractivity contribution < 1.29 is 18.0 Å². The highest BCUT2D eigenvalue weighted by atomic mass is 32.2. The average Bonchev–Trinajstić information content (AvgIpc) is 3.00. The van der Waals surface area contributed by atoms with Crippen LogP contribution in [0.3, 0.4) is 0 Å². The summed E-state index contributed by atoms with van der Waals surface area (Å²) in [6.45, 7) is 0. The van der Waals surface area contributed by atoms with E-state index in [1.54, 1.807) is 18.5 Å². The molecular weight excluding hydrogens is 389 g/mol. The first kappa shape index (κ1) is 18.2. The van der Waals surface area contributed by atoms with Gasteiger partial charge in [0, 0.05) is 18.0 Å². The van der Waals surface area contributed by atoms with E-state index in [2.05, 4.69) is 20.3 Å². The number of nitrogens with one attached hydrogen (secondary N) is 1. The average molecular weight is 400 g/mol. The molecule has 1 saturated heterocycles. The Morgan fingerprint density at radius 2 is 1.86 bits per heavy atom. The Kier molecular flexibility index (Phi) is 4.60. The van der Waals surface area contributed by atoms with Crippen LogP contribution in [0.25, 0.3) is 17.1 Å². The number of carbonyl (C=O) groups is 1. The maximum Gasteiger partial charge on any atom is 0.416 e. The number of thioether (sulfide) groups is 1. The maximum atomic E-state index is 12.9. The monoisotopic (exact) mass is 400 g/mol. The second-order valence-corrected chi connectivity index (χ2v) is 6.82. The first-order valence-corrected chi connectivity index (χ1v) is 8.88. The summed E-state index contributed by atoms with van der Waals surface area (Å²) in [5, 5.41) is 2.21. The molecule has 0 radical (unpaired) electrons. The van der Waals surface area contributed by atoms with Gasteiger partial charge in [0.15, 0.2) is 0 Å². The van der Waals surface area contributed by atoms with E-state index in [1.165, 1.54) is 12.1 Å². The smallest absolute Gasteiger partial charge is 0.300 e. The number of benzene rings is 2. The van der Waals surface area contributed by atoms with Crippen LogP contribution in [-0.2, 0) is 6.18 Å². The molecule has 0 bridgehead atoms. The Morgan fingerprint density at radius 3 is 2.68 bits per heavy atom. The molecule has 1 amide bonds. The van der Waals surface area contributed by atoms with Crippen LogP contribution in [0.2, 0.25) is 0 Å². The molecule has 0 unspecified atom stereocenters. The van der Waals surface area contributed by atoms with Crippen LogP contribution >= 0.6 is 11.8 Å². The van der Waals surface area contributed by atoms with Gasteiger partial charge < -0.3 is 5.32 Å². The quantitative estimate of drug-likeness (QED) is 0.644. The summed E-state index contributed by atoms with van der Waals surface area (Å²) in [7, 11) is 0. The summed E-state index contributed by atoms with van der Waals surface area (Å²) in [6.07, 6.45) is 0.387. The number of amidine groups is 1. The van der Waals surface area contributed by atoms with Crippen molar-refractivity contribution in [1.82, 2.24) is 15.3 Å². The fourth-order valence-corrected chi connectivity index (χ4v) is 3.39. The fourth-order valence-electron chi connectivity index (χ4n) is 2.67. The maximum absolute atomic E-state index is 12.9. The van der Waals surface area contributed by atoms with Crippen molar-refractivity contribution in [3.8, 4) is 0 Å². The van der Waals surface area contributed by atoms with E-state index in [4.69, 9.17) is 0 Å². The molecule has 0 spiro atoms. The number of aromatic nitrogens is 2. The molecule has 0 atom stereocenters. The highest BCUT2D eigenvalue weighted by Crippen LogP contribution is 2.33. The Balaban J connectivity index is 1.76. The molecule has 2 heterocycles. The summed E-state index contributed by atoms with van der Waals surface area (Å²) in [5.41, 5.74) is 1.35. The lowest BCUT2D eigenvalue weighted by Crippen LogP contribution is -2.18. The van der Waals surface area contributed by atoms with Crippen molar-refractivity contribution >= 4 is 45.6 Å². The largest absolute Gasteiger partial charge is 0.416 e. The van der Waals surface area contributed by atoms with Crippen LogP contribution in [0.5, 0.6) is 0 Å². The first-order chi connectivity index (χ1) is 13.4. The minimum Gasteiger partial charge on any atom is -0.300 e. The van der Waals surface area contributed by atoms with Crippen LogP contribution in [0, 0.1) is 0 Å². The molecule has 1 aliphatic rings. The van der Waals surface area contributed by atoms with Gasteiger partial charge in [-0.25, -0.2) is 4.99 Å². The number of alkyl halides is 3. The minimum absolute atomic E-state index is 0.0937. The predicted molar refractivity (Wildman–Crippen MR) is 102 cm³/mol. The van der Waals surface area contributed by atoms with E-state index < -0.39 is 11.7 Å². The number of para-hydroxylation sites is 1. The van der Waals surface area contributed by atoms with Crippen LogP contribution in [0.15, 0.2) is 64.8 Å². The number of amides is 1. The third-order valence-electron chi connectivity index (χ3n) is 3.89. The summed E-state index contributed by atoms with van der Waals surface area (Å²) in [5.74, 6) is 0.190. The van der Waals surface area contributed by atoms with E-state index >= 15 is 0 Å². The Bertz CT molecular complexity index is 1140. The summed E-state index contributed by atoms with van der Waals surface area (Å²) in [4.78, 5) is 25.1. The second kappa shape index (κ2) is 7.08. The lowest BCUT2D eigenvalue weighted by Gasteiger charge is -2.07. The predicted octanol–water partition coefficient (Wildman–Crippen LogP) is 5.18. The number of hydrogen-bond donors (Lipinski definition) is 1. The Morgan fingerprint density at radius 1 is 1.07 bits per heavy atom. The lowest BCUT2D eigenvalue weighted by atomic mass is 10.1. The van der Waals surface area contributed by atoms with Crippen LogP contribution < -0.4 is 5.32 Å². The van der Waals surface area contributed by atoms with E-state index in [-0.39, 0.29) is 16.8 Å². The number of aliphatic imine (C=N–C) groups is 1. The van der Waals surface area contributed by atoms with Crippen LogP contribution in [0.1, 0.15) is 11.1 Å². The zero-order valence-electron chi connectivity index (χ0n) is 14.1. The first-order valence-electron chi connectivity index (χ1n) is 8.07. The number of nitrogens with zero attached hydrogens (tertiary/aromatic N) is 3. The molecule has 1 aromatic heterocycles. The summed E-state index contributed by atoms with van der Waals surface area (Å²) in [6, 6.07) is 10.1. The molecule has 1 N–H and O–H groups in total. The molecule has 28 heavy (non-hydrogen) atoms.